The molecular formula is C10H16O. The Bertz CT molecular complexity index is 189. The van der Waals surface area contributed by atoms with Gasteiger partial charge in [0.1, 0.15) is 0 Å². The van der Waals surface area contributed by atoms with Crippen LogP contribution in [0.4, 0.5) is 0 Å². The zero-order valence-corrected chi connectivity index (χ0v) is 6.92. The number of aliphatic hydroxyl groups is 1. The van der Waals surface area contributed by atoms with Crippen LogP contribution in [0, 0.1) is 17.3 Å². The molecule has 4 unspecified atom stereocenters. The topological polar surface area (TPSA) is 20.2 Å². The van der Waals surface area contributed by atoms with E-state index in [1.54, 1.807) is 0 Å². The van der Waals surface area contributed by atoms with Gasteiger partial charge in [-0.25, -0.2) is 0 Å². The Hall–Kier alpha value is -0.0400. The molecule has 3 rings (SSSR count). The molecule has 1 heteroatoms. The van der Waals surface area contributed by atoms with Crippen molar-refractivity contribution in [2.75, 3.05) is 0 Å². The van der Waals surface area contributed by atoms with E-state index in [2.05, 4.69) is 0 Å². The van der Waals surface area contributed by atoms with Crippen molar-refractivity contribution < 1.29 is 5.11 Å². The summed E-state index contributed by atoms with van der Waals surface area (Å²) in [6.07, 6.45) is 8.17. The van der Waals surface area contributed by atoms with Crippen molar-refractivity contribution in [1.29, 1.82) is 0 Å². The monoisotopic (exact) mass is 152 g/mol. The maximum atomic E-state index is 9.72. The molecule has 3 aliphatic carbocycles. The summed E-state index contributed by atoms with van der Waals surface area (Å²) in [5, 5.41) is 9.72. The maximum Gasteiger partial charge on any atom is 0.0576 e. The lowest BCUT2D eigenvalue weighted by molar-refractivity contribution is 0.0871. The molecule has 0 saturated heterocycles. The Labute approximate surface area is 67.8 Å². The van der Waals surface area contributed by atoms with Crippen LogP contribution in [-0.4, -0.2) is 11.2 Å². The normalized spacial score (nSPS) is 60.3. The van der Waals surface area contributed by atoms with Crippen LogP contribution in [0.25, 0.3) is 0 Å². The molecule has 0 amide bonds. The molecule has 0 aromatic heterocycles. The number of hydrogen-bond acceptors (Lipinski definition) is 1. The Morgan fingerprint density at radius 1 is 1.09 bits per heavy atom. The summed E-state index contributed by atoms with van der Waals surface area (Å²) < 4.78 is 0. The molecule has 1 N–H and O–H groups in total. The van der Waals surface area contributed by atoms with Crippen LogP contribution in [0.15, 0.2) is 0 Å². The zero-order chi connectivity index (χ0) is 7.47. The van der Waals surface area contributed by atoms with Crippen LogP contribution in [0.3, 0.4) is 0 Å². The predicted molar refractivity (Wildman–Crippen MR) is 43.1 cm³/mol. The molecule has 0 aliphatic heterocycles. The van der Waals surface area contributed by atoms with Crippen LogP contribution in [0.5, 0.6) is 0 Å². The van der Waals surface area contributed by atoms with E-state index in [1.165, 1.54) is 32.1 Å². The van der Waals surface area contributed by atoms with E-state index in [0.29, 0.717) is 5.41 Å². The molecule has 0 aromatic carbocycles. The van der Waals surface area contributed by atoms with Gasteiger partial charge in [0.05, 0.1) is 6.10 Å². The highest BCUT2D eigenvalue weighted by atomic mass is 16.3. The number of rotatable bonds is 0. The Morgan fingerprint density at radius 3 is 2.55 bits per heavy atom. The lowest BCUT2D eigenvalue weighted by atomic mass is 9.84. The third kappa shape index (κ3) is 0.618. The molecule has 3 aliphatic rings. The van der Waals surface area contributed by atoms with Crippen LogP contribution in [-0.2, 0) is 0 Å². The van der Waals surface area contributed by atoms with Crippen molar-refractivity contribution in [3.63, 3.8) is 0 Å². The van der Waals surface area contributed by atoms with Crippen LogP contribution >= 0.6 is 0 Å². The van der Waals surface area contributed by atoms with E-state index in [1.807, 2.05) is 0 Å². The zero-order valence-electron chi connectivity index (χ0n) is 6.92. The molecule has 0 bridgehead atoms. The molecule has 4 atom stereocenters. The predicted octanol–water partition coefficient (Wildman–Crippen LogP) is 1.95. The lowest BCUT2D eigenvalue weighted by Gasteiger charge is -2.24. The van der Waals surface area contributed by atoms with Gasteiger partial charge in [0, 0.05) is 0 Å². The van der Waals surface area contributed by atoms with Crippen molar-refractivity contribution in [2.45, 2.75) is 44.6 Å². The van der Waals surface area contributed by atoms with E-state index < -0.39 is 0 Å². The van der Waals surface area contributed by atoms with Gasteiger partial charge in [0.2, 0.25) is 0 Å². The van der Waals surface area contributed by atoms with E-state index in [0.717, 1.165) is 18.3 Å². The van der Waals surface area contributed by atoms with Crippen molar-refractivity contribution in [2.24, 2.45) is 17.3 Å². The maximum absolute atomic E-state index is 9.72. The standard InChI is InChI=1S/C10H16O/c11-8-4-2-6-10-5-1-3-7(10)9(8)10/h7-9,11H,1-6H2. The molecule has 0 aromatic rings. The molecule has 11 heavy (non-hydrogen) atoms. The second-order valence-corrected chi connectivity index (χ2v) is 4.72. The highest BCUT2D eigenvalue weighted by Crippen LogP contribution is 2.73. The van der Waals surface area contributed by atoms with Gasteiger partial charge in [0.25, 0.3) is 0 Å². The molecule has 0 heterocycles. The van der Waals surface area contributed by atoms with Gasteiger partial charge in [-0.1, -0.05) is 12.8 Å². The van der Waals surface area contributed by atoms with Crippen molar-refractivity contribution in [3.8, 4) is 0 Å². The minimum Gasteiger partial charge on any atom is -0.393 e. The van der Waals surface area contributed by atoms with Gasteiger partial charge < -0.3 is 5.11 Å². The largest absolute Gasteiger partial charge is 0.393 e. The van der Waals surface area contributed by atoms with Crippen LogP contribution < -0.4 is 0 Å². The quantitative estimate of drug-likeness (QED) is 0.562. The fourth-order valence-corrected chi connectivity index (χ4v) is 4.03. The van der Waals surface area contributed by atoms with Gasteiger partial charge in [-0.3, -0.25) is 0 Å². The summed E-state index contributed by atoms with van der Waals surface area (Å²) >= 11 is 0. The Kier molecular flexibility index (Phi) is 1.07. The van der Waals surface area contributed by atoms with E-state index in [4.69, 9.17) is 0 Å². The lowest BCUT2D eigenvalue weighted by Crippen LogP contribution is -2.21. The first-order valence-electron chi connectivity index (χ1n) is 5.03. The SMILES string of the molecule is OC1CCCC23CCCC2C13. The third-order valence-electron chi connectivity index (χ3n) is 4.44. The minimum atomic E-state index is 0.0778. The first-order valence-corrected chi connectivity index (χ1v) is 5.03. The van der Waals surface area contributed by atoms with E-state index in [9.17, 15) is 5.11 Å². The third-order valence-corrected chi connectivity index (χ3v) is 4.44. The molecule has 1 nitrogen and oxygen atoms in total. The summed E-state index contributed by atoms with van der Waals surface area (Å²) in [7, 11) is 0. The van der Waals surface area contributed by atoms with Crippen molar-refractivity contribution >= 4 is 0 Å². The molecule has 3 saturated carbocycles. The average Bonchev–Trinajstić information content (AvgIpc) is 2.48. The summed E-state index contributed by atoms with van der Waals surface area (Å²) in [5.41, 5.74) is 0.678. The molecule has 1 spiro atoms. The number of aliphatic hydroxyl groups excluding tert-OH is 1. The van der Waals surface area contributed by atoms with Crippen LogP contribution in [0.1, 0.15) is 38.5 Å². The molecule has 0 radical (unpaired) electrons. The second kappa shape index (κ2) is 1.82. The first-order chi connectivity index (χ1) is 5.34. The molecular weight excluding hydrogens is 136 g/mol. The van der Waals surface area contributed by atoms with Gasteiger partial charge >= 0.3 is 0 Å². The van der Waals surface area contributed by atoms with Gasteiger partial charge in [-0.2, -0.15) is 0 Å². The second-order valence-electron chi connectivity index (χ2n) is 4.72. The smallest absolute Gasteiger partial charge is 0.0576 e. The summed E-state index contributed by atoms with van der Waals surface area (Å²) in [6.45, 7) is 0. The molecule has 62 valence electrons. The first kappa shape index (κ1) is 6.47. The summed E-state index contributed by atoms with van der Waals surface area (Å²) in [5.74, 6) is 1.69. The molecule has 3 fully saturated rings. The van der Waals surface area contributed by atoms with Crippen LogP contribution in [0.2, 0.25) is 0 Å². The minimum absolute atomic E-state index is 0.0778. The Morgan fingerprint density at radius 2 is 1.82 bits per heavy atom. The van der Waals surface area contributed by atoms with Gasteiger partial charge in [0.15, 0.2) is 0 Å². The van der Waals surface area contributed by atoms with Gasteiger partial charge in [-0.05, 0) is 42.9 Å². The highest BCUT2D eigenvalue weighted by molar-refractivity contribution is 5.17. The Balaban J connectivity index is 1.88. The van der Waals surface area contributed by atoms with E-state index in [-0.39, 0.29) is 6.10 Å². The number of hydrogen-bond donors (Lipinski definition) is 1. The van der Waals surface area contributed by atoms with E-state index >= 15 is 0 Å². The fourth-order valence-electron chi connectivity index (χ4n) is 4.03. The van der Waals surface area contributed by atoms with Crippen molar-refractivity contribution in [1.82, 2.24) is 0 Å². The summed E-state index contributed by atoms with van der Waals surface area (Å²) in [6, 6.07) is 0. The summed E-state index contributed by atoms with van der Waals surface area (Å²) in [4.78, 5) is 0. The average molecular weight is 152 g/mol. The fraction of sp³-hybridized carbons (Fsp3) is 1.00. The van der Waals surface area contributed by atoms with Gasteiger partial charge in [-0.15, -0.1) is 0 Å². The number of fused-ring (bicyclic) bond motifs is 1. The van der Waals surface area contributed by atoms with Crippen molar-refractivity contribution in [3.05, 3.63) is 0 Å². The highest BCUT2D eigenvalue weighted by Gasteiger charge is 2.68.